The Balaban J connectivity index is 1.68. The van der Waals surface area contributed by atoms with Crippen LogP contribution in [0.25, 0.3) is 0 Å². The molecule has 1 atom stereocenters. The summed E-state index contributed by atoms with van der Waals surface area (Å²) < 4.78 is 0. The van der Waals surface area contributed by atoms with E-state index in [1.54, 1.807) is 23.1 Å². The minimum Gasteiger partial charge on any atom is -0.322 e. The number of carbonyl (C=O) groups excluding carboxylic acids is 3. The highest BCUT2D eigenvalue weighted by atomic mass is 16.2. The lowest BCUT2D eigenvalue weighted by Crippen LogP contribution is -2.45. The molecule has 1 heterocycles. The van der Waals surface area contributed by atoms with Crippen LogP contribution in [0.15, 0.2) is 72.8 Å². The summed E-state index contributed by atoms with van der Waals surface area (Å²) in [6.45, 7) is 8.31. The summed E-state index contributed by atoms with van der Waals surface area (Å²) in [6.07, 6.45) is -0.0335. The minimum absolute atomic E-state index is 0.0335. The van der Waals surface area contributed by atoms with E-state index in [-0.39, 0.29) is 30.7 Å². The number of imide groups is 1. The van der Waals surface area contributed by atoms with Crippen molar-refractivity contribution in [3.63, 3.8) is 0 Å². The number of hydrogen-bond acceptors (Lipinski definition) is 3. The fraction of sp³-hybridized carbons (Fsp3) is 0.276. The smallest absolute Gasteiger partial charge is 0.257 e. The van der Waals surface area contributed by atoms with Crippen LogP contribution in [0.5, 0.6) is 0 Å². The van der Waals surface area contributed by atoms with Crippen LogP contribution in [-0.2, 0) is 16.1 Å². The first-order chi connectivity index (χ1) is 16.3. The zero-order valence-electron chi connectivity index (χ0n) is 20.1. The normalized spacial score (nSPS) is 15.8. The van der Waals surface area contributed by atoms with Crippen molar-refractivity contribution in [2.45, 2.75) is 52.6 Å². The van der Waals surface area contributed by atoms with Crippen molar-refractivity contribution in [2.75, 3.05) is 4.90 Å². The maximum atomic E-state index is 13.7. The molecule has 0 aliphatic carbocycles. The highest BCUT2D eigenvalue weighted by Gasteiger charge is 2.44. The van der Waals surface area contributed by atoms with Crippen LogP contribution in [-0.4, -0.2) is 28.7 Å². The summed E-state index contributed by atoms with van der Waals surface area (Å²) in [5, 5.41) is 0. The zero-order valence-corrected chi connectivity index (χ0v) is 20.1. The van der Waals surface area contributed by atoms with Crippen LogP contribution in [0.4, 0.5) is 5.69 Å². The fourth-order valence-corrected chi connectivity index (χ4v) is 4.32. The first-order valence-corrected chi connectivity index (χ1v) is 11.6. The van der Waals surface area contributed by atoms with Gasteiger partial charge in [-0.15, -0.1) is 0 Å². The number of anilines is 1. The van der Waals surface area contributed by atoms with Gasteiger partial charge in [0.15, 0.2) is 0 Å². The van der Waals surface area contributed by atoms with Gasteiger partial charge < -0.3 is 4.90 Å². The molecule has 4 rings (SSSR count). The molecule has 174 valence electrons. The summed E-state index contributed by atoms with van der Waals surface area (Å²) >= 11 is 0. The molecule has 0 saturated carbocycles. The second kappa shape index (κ2) is 9.64. The third-order valence-electron chi connectivity index (χ3n) is 6.43. The van der Waals surface area contributed by atoms with Gasteiger partial charge in [-0.05, 0) is 54.7 Å². The van der Waals surface area contributed by atoms with Gasteiger partial charge in [-0.1, -0.05) is 74.0 Å². The topological polar surface area (TPSA) is 57.7 Å². The lowest BCUT2D eigenvalue weighted by Gasteiger charge is -2.28. The van der Waals surface area contributed by atoms with Crippen LogP contribution in [0, 0.1) is 13.8 Å². The average molecular weight is 455 g/mol. The third kappa shape index (κ3) is 4.65. The van der Waals surface area contributed by atoms with Gasteiger partial charge in [0.1, 0.15) is 6.04 Å². The third-order valence-corrected chi connectivity index (χ3v) is 6.43. The van der Waals surface area contributed by atoms with Crippen LogP contribution < -0.4 is 4.90 Å². The Morgan fingerprint density at radius 2 is 1.59 bits per heavy atom. The largest absolute Gasteiger partial charge is 0.322 e. The van der Waals surface area contributed by atoms with Gasteiger partial charge in [0.05, 0.1) is 12.1 Å². The van der Waals surface area contributed by atoms with Crippen molar-refractivity contribution in [3.05, 3.63) is 101 Å². The van der Waals surface area contributed by atoms with Gasteiger partial charge in [0.25, 0.3) is 11.8 Å². The molecule has 0 N–H and O–H groups in total. The second-order valence-electron chi connectivity index (χ2n) is 9.27. The molecular weight excluding hydrogens is 424 g/mol. The zero-order chi connectivity index (χ0) is 24.4. The van der Waals surface area contributed by atoms with E-state index in [0.717, 1.165) is 22.3 Å². The molecule has 0 radical (unpaired) electrons. The highest BCUT2D eigenvalue weighted by Crippen LogP contribution is 2.29. The number of benzene rings is 3. The van der Waals surface area contributed by atoms with E-state index in [1.807, 2.05) is 68.4 Å². The second-order valence-corrected chi connectivity index (χ2v) is 9.27. The van der Waals surface area contributed by atoms with Gasteiger partial charge in [0.2, 0.25) is 5.91 Å². The number of nitrogens with zero attached hydrogens (tertiary/aromatic N) is 2. The maximum absolute atomic E-state index is 13.7. The fourth-order valence-electron chi connectivity index (χ4n) is 4.32. The summed E-state index contributed by atoms with van der Waals surface area (Å²) in [6, 6.07) is 21.9. The molecule has 1 fully saturated rings. The summed E-state index contributed by atoms with van der Waals surface area (Å²) in [5.74, 6) is -0.555. The van der Waals surface area contributed by atoms with Gasteiger partial charge in [-0.3, -0.25) is 14.4 Å². The van der Waals surface area contributed by atoms with Crippen molar-refractivity contribution in [2.24, 2.45) is 0 Å². The van der Waals surface area contributed by atoms with Gasteiger partial charge >= 0.3 is 0 Å². The van der Waals surface area contributed by atoms with Crippen molar-refractivity contribution in [1.29, 1.82) is 0 Å². The van der Waals surface area contributed by atoms with Crippen molar-refractivity contribution < 1.29 is 14.4 Å². The van der Waals surface area contributed by atoms with Gasteiger partial charge in [-0.25, -0.2) is 4.90 Å². The molecule has 1 aliphatic heterocycles. The van der Waals surface area contributed by atoms with E-state index in [1.165, 1.54) is 4.90 Å². The molecule has 3 aromatic rings. The number of hydrogen-bond donors (Lipinski definition) is 0. The molecule has 0 aromatic heterocycles. The average Bonchev–Trinajstić information content (AvgIpc) is 3.12. The van der Waals surface area contributed by atoms with Crippen LogP contribution in [0.2, 0.25) is 0 Å². The van der Waals surface area contributed by atoms with Crippen molar-refractivity contribution in [1.82, 2.24) is 4.90 Å². The molecule has 1 aliphatic rings. The van der Waals surface area contributed by atoms with Crippen LogP contribution in [0.3, 0.4) is 0 Å². The number of aryl methyl sites for hydroxylation is 2. The lowest BCUT2D eigenvalue weighted by atomic mass is 10.0. The minimum atomic E-state index is -0.856. The highest BCUT2D eigenvalue weighted by molar-refractivity contribution is 6.23. The van der Waals surface area contributed by atoms with Crippen molar-refractivity contribution >= 4 is 23.4 Å². The van der Waals surface area contributed by atoms with E-state index in [4.69, 9.17) is 0 Å². The van der Waals surface area contributed by atoms with E-state index in [0.29, 0.717) is 17.2 Å². The number of amides is 3. The Hall–Kier alpha value is -3.73. The SMILES string of the molecule is Cc1ccc(CN(C(=O)c2ccccc2C)C2CC(=O)N(c3ccc(C(C)C)cc3)C2=O)cc1. The Bertz CT molecular complexity index is 1210. The molecule has 34 heavy (non-hydrogen) atoms. The Kier molecular flexibility index (Phi) is 6.64. The molecule has 5 heteroatoms. The van der Waals surface area contributed by atoms with E-state index >= 15 is 0 Å². The summed E-state index contributed by atoms with van der Waals surface area (Å²) in [5.41, 5.74) is 5.07. The first kappa shape index (κ1) is 23.4. The maximum Gasteiger partial charge on any atom is 0.257 e. The predicted octanol–water partition coefficient (Wildman–Crippen LogP) is 5.40. The molecule has 1 unspecified atom stereocenters. The van der Waals surface area contributed by atoms with E-state index in [2.05, 4.69) is 13.8 Å². The standard InChI is InChI=1S/C29H30N2O3/c1-19(2)23-13-15-24(16-14-23)31-27(32)17-26(29(31)34)30(18-22-11-9-20(3)10-12-22)28(33)25-8-6-5-7-21(25)4/h5-16,19,26H,17-18H2,1-4H3. The monoisotopic (exact) mass is 454 g/mol. The molecule has 0 spiro atoms. The number of carbonyl (C=O) groups is 3. The van der Waals surface area contributed by atoms with Crippen LogP contribution in [0.1, 0.15) is 58.8 Å². The van der Waals surface area contributed by atoms with E-state index in [9.17, 15) is 14.4 Å². The molecule has 3 aromatic carbocycles. The Morgan fingerprint density at radius 1 is 0.941 bits per heavy atom. The lowest BCUT2D eigenvalue weighted by molar-refractivity contribution is -0.122. The van der Waals surface area contributed by atoms with Crippen molar-refractivity contribution in [3.8, 4) is 0 Å². The quantitative estimate of drug-likeness (QED) is 0.469. The first-order valence-electron chi connectivity index (χ1n) is 11.6. The van der Waals surface area contributed by atoms with Gasteiger partial charge in [-0.2, -0.15) is 0 Å². The summed E-state index contributed by atoms with van der Waals surface area (Å²) in [4.78, 5) is 43.0. The molecule has 0 bridgehead atoms. The van der Waals surface area contributed by atoms with Crippen LogP contribution >= 0.6 is 0 Å². The molecule has 5 nitrogen and oxygen atoms in total. The Morgan fingerprint density at radius 3 is 2.21 bits per heavy atom. The predicted molar refractivity (Wildman–Crippen MR) is 134 cm³/mol. The van der Waals surface area contributed by atoms with E-state index < -0.39 is 6.04 Å². The molecule has 3 amide bonds. The molecular formula is C29H30N2O3. The van der Waals surface area contributed by atoms with Gasteiger partial charge in [0, 0.05) is 12.1 Å². The molecule has 1 saturated heterocycles. The number of rotatable bonds is 6. The Labute approximate surface area is 201 Å². The summed E-state index contributed by atoms with van der Waals surface area (Å²) in [7, 11) is 0.